The van der Waals surface area contributed by atoms with Crippen LogP contribution in [0, 0.1) is 19.7 Å². The summed E-state index contributed by atoms with van der Waals surface area (Å²) in [4.78, 5) is 12.2. The van der Waals surface area contributed by atoms with Crippen LogP contribution in [0.1, 0.15) is 21.7 Å². The Hall–Kier alpha value is -3.12. The maximum atomic E-state index is 13.0. The summed E-state index contributed by atoms with van der Waals surface area (Å²) in [6.45, 7) is 3.96. The molecule has 3 aromatic rings. The predicted molar refractivity (Wildman–Crippen MR) is 104 cm³/mol. The maximum absolute atomic E-state index is 13.0. The first-order valence-corrected chi connectivity index (χ1v) is 8.95. The summed E-state index contributed by atoms with van der Waals surface area (Å²) in [5.41, 5.74) is 2.64. The molecule has 1 aromatic heterocycles. The predicted octanol–water partition coefficient (Wildman–Crippen LogP) is 3.87. The van der Waals surface area contributed by atoms with Crippen molar-refractivity contribution < 1.29 is 23.4 Å². The number of carbonyl (C=O) groups excluding carboxylic acids is 1. The molecule has 146 valence electrons. The van der Waals surface area contributed by atoms with Gasteiger partial charge in [0.15, 0.2) is 5.76 Å². The molecule has 1 amide bonds. The van der Waals surface area contributed by atoms with Gasteiger partial charge in [0.25, 0.3) is 5.91 Å². The van der Waals surface area contributed by atoms with E-state index in [2.05, 4.69) is 5.32 Å². The van der Waals surface area contributed by atoms with Crippen LogP contribution in [0.25, 0.3) is 11.3 Å². The molecule has 2 aromatic carbocycles. The molecule has 3 rings (SSSR count). The van der Waals surface area contributed by atoms with Crippen LogP contribution >= 0.6 is 0 Å². The fourth-order valence-electron chi connectivity index (χ4n) is 2.79. The Morgan fingerprint density at radius 1 is 1.11 bits per heavy atom. The Kier molecular flexibility index (Phi) is 6.11. The minimum atomic E-state index is -0.866. The standard InChI is InChI=1S/C22H22FNO4/c1-14-4-3-5-15(2)21(14)27-13-18(25)12-24-22(26)20-11-10-19(28-20)16-6-8-17(23)9-7-16/h3-11,18,25H,12-13H2,1-2H3,(H,24,26). The number of aliphatic hydroxyl groups excluding tert-OH is 1. The number of furan rings is 1. The van der Waals surface area contributed by atoms with Gasteiger partial charge in [-0.2, -0.15) is 0 Å². The fourth-order valence-corrected chi connectivity index (χ4v) is 2.79. The van der Waals surface area contributed by atoms with Crippen molar-refractivity contribution in [3.05, 3.63) is 77.3 Å². The summed E-state index contributed by atoms with van der Waals surface area (Å²) in [5, 5.41) is 12.7. The van der Waals surface area contributed by atoms with Crippen molar-refractivity contribution in [1.29, 1.82) is 0 Å². The molecule has 0 aliphatic heterocycles. The summed E-state index contributed by atoms with van der Waals surface area (Å²) in [6.07, 6.45) is -0.866. The van der Waals surface area contributed by atoms with Crippen LogP contribution in [0.5, 0.6) is 5.75 Å². The highest BCUT2D eigenvalue weighted by Crippen LogP contribution is 2.23. The number of ether oxygens (including phenoxy) is 1. The van der Waals surface area contributed by atoms with Gasteiger partial charge < -0.3 is 19.6 Å². The number of hydrogen-bond acceptors (Lipinski definition) is 4. The summed E-state index contributed by atoms with van der Waals surface area (Å²) in [6, 6.07) is 14.8. The van der Waals surface area contributed by atoms with E-state index in [9.17, 15) is 14.3 Å². The second-order valence-electron chi connectivity index (χ2n) is 6.57. The lowest BCUT2D eigenvalue weighted by Gasteiger charge is -2.15. The Morgan fingerprint density at radius 2 is 1.79 bits per heavy atom. The highest BCUT2D eigenvalue weighted by molar-refractivity contribution is 5.92. The molecule has 6 heteroatoms. The van der Waals surface area contributed by atoms with E-state index in [0.29, 0.717) is 11.3 Å². The molecule has 5 nitrogen and oxygen atoms in total. The van der Waals surface area contributed by atoms with Crippen LogP contribution in [0.4, 0.5) is 4.39 Å². The molecular weight excluding hydrogens is 361 g/mol. The molecule has 0 saturated heterocycles. The monoisotopic (exact) mass is 383 g/mol. The van der Waals surface area contributed by atoms with Crippen molar-refractivity contribution in [3.8, 4) is 17.1 Å². The number of para-hydroxylation sites is 1. The van der Waals surface area contributed by atoms with Gasteiger partial charge in [0.2, 0.25) is 0 Å². The zero-order valence-corrected chi connectivity index (χ0v) is 15.7. The van der Waals surface area contributed by atoms with Crippen molar-refractivity contribution in [1.82, 2.24) is 5.32 Å². The highest BCUT2D eigenvalue weighted by Gasteiger charge is 2.15. The second kappa shape index (κ2) is 8.71. The van der Waals surface area contributed by atoms with Crippen molar-refractivity contribution in [3.63, 3.8) is 0 Å². The van der Waals surface area contributed by atoms with E-state index in [1.807, 2.05) is 32.0 Å². The van der Waals surface area contributed by atoms with Gasteiger partial charge in [-0.15, -0.1) is 0 Å². The molecule has 0 radical (unpaired) electrons. The molecule has 0 saturated carbocycles. The van der Waals surface area contributed by atoms with Gasteiger partial charge in [-0.1, -0.05) is 18.2 Å². The Morgan fingerprint density at radius 3 is 2.46 bits per heavy atom. The van der Waals surface area contributed by atoms with Crippen molar-refractivity contribution >= 4 is 5.91 Å². The van der Waals surface area contributed by atoms with Crippen LogP contribution < -0.4 is 10.1 Å². The van der Waals surface area contributed by atoms with Crippen LogP contribution in [0.2, 0.25) is 0 Å². The highest BCUT2D eigenvalue weighted by atomic mass is 19.1. The third-order valence-corrected chi connectivity index (χ3v) is 4.29. The van der Waals surface area contributed by atoms with Crippen molar-refractivity contribution in [2.75, 3.05) is 13.2 Å². The number of benzene rings is 2. The average molecular weight is 383 g/mol. The Bertz CT molecular complexity index is 929. The summed E-state index contributed by atoms with van der Waals surface area (Å²) in [5.74, 6) is 0.527. The van der Waals surface area contributed by atoms with E-state index in [0.717, 1.165) is 16.9 Å². The number of rotatable bonds is 7. The largest absolute Gasteiger partial charge is 0.490 e. The van der Waals surface area contributed by atoms with Gasteiger partial charge in [-0.3, -0.25) is 4.79 Å². The maximum Gasteiger partial charge on any atom is 0.287 e. The zero-order chi connectivity index (χ0) is 20.1. The van der Waals surface area contributed by atoms with Gasteiger partial charge in [0.05, 0.1) is 0 Å². The number of aliphatic hydroxyl groups is 1. The molecule has 0 aliphatic carbocycles. The van der Waals surface area contributed by atoms with E-state index in [4.69, 9.17) is 9.15 Å². The van der Waals surface area contributed by atoms with Crippen LogP contribution in [-0.4, -0.2) is 30.3 Å². The number of nitrogens with one attached hydrogen (secondary N) is 1. The van der Waals surface area contributed by atoms with E-state index in [1.54, 1.807) is 18.2 Å². The number of carbonyl (C=O) groups is 1. The first kappa shape index (κ1) is 19.6. The molecule has 0 fully saturated rings. The zero-order valence-electron chi connectivity index (χ0n) is 15.7. The molecule has 2 N–H and O–H groups in total. The molecule has 1 atom stereocenters. The summed E-state index contributed by atoms with van der Waals surface area (Å²) >= 11 is 0. The Labute approximate surface area is 162 Å². The molecular formula is C22H22FNO4. The van der Waals surface area contributed by atoms with E-state index in [-0.39, 0.29) is 24.7 Å². The summed E-state index contributed by atoms with van der Waals surface area (Å²) in [7, 11) is 0. The van der Waals surface area contributed by atoms with Crippen LogP contribution in [-0.2, 0) is 0 Å². The lowest BCUT2D eigenvalue weighted by atomic mass is 10.1. The molecule has 28 heavy (non-hydrogen) atoms. The molecule has 0 bridgehead atoms. The van der Waals surface area contributed by atoms with Gasteiger partial charge in [-0.05, 0) is 61.4 Å². The molecule has 0 spiro atoms. The Balaban J connectivity index is 1.52. The van der Waals surface area contributed by atoms with Gasteiger partial charge in [0.1, 0.15) is 30.0 Å². The van der Waals surface area contributed by atoms with Gasteiger partial charge >= 0.3 is 0 Å². The minimum Gasteiger partial charge on any atom is -0.490 e. The number of aryl methyl sites for hydroxylation is 2. The SMILES string of the molecule is Cc1cccc(C)c1OCC(O)CNC(=O)c1ccc(-c2ccc(F)cc2)o1. The first-order valence-electron chi connectivity index (χ1n) is 8.95. The van der Waals surface area contributed by atoms with E-state index < -0.39 is 12.0 Å². The topological polar surface area (TPSA) is 71.7 Å². The van der Waals surface area contributed by atoms with Gasteiger partial charge in [0, 0.05) is 12.1 Å². The minimum absolute atomic E-state index is 0.0242. The lowest BCUT2D eigenvalue weighted by Crippen LogP contribution is -2.35. The lowest BCUT2D eigenvalue weighted by molar-refractivity contribution is 0.0821. The fraction of sp³-hybridized carbons (Fsp3) is 0.227. The number of amides is 1. The average Bonchev–Trinajstić information content (AvgIpc) is 3.16. The first-order chi connectivity index (χ1) is 13.4. The van der Waals surface area contributed by atoms with E-state index in [1.165, 1.54) is 18.2 Å². The quantitative estimate of drug-likeness (QED) is 0.650. The molecule has 0 aliphatic rings. The number of hydrogen-bond donors (Lipinski definition) is 2. The smallest absolute Gasteiger partial charge is 0.287 e. The van der Waals surface area contributed by atoms with Crippen LogP contribution in [0.15, 0.2) is 59.0 Å². The molecule has 1 heterocycles. The second-order valence-corrected chi connectivity index (χ2v) is 6.57. The van der Waals surface area contributed by atoms with Crippen molar-refractivity contribution in [2.45, 2.75) is 20.0 Å². The summed E-state index contributed by atoms with van der Waals surface area (Å²) < 4.78 is 24.2. The van der Waals surface area contributed by atoms with Crippen molar-refractivity contribution in [2.24, 2.45) is 0 Å². The third kappa shape index (κ3) is 4.78. The molecule has 1 unspecified atom stereocenters. The normalized spacial score (nSPS) is 11.9. The van der Waals surface area contributed by atoms with E-state index >= 15 is 0 Å². The van der Waals surface area contributed by atoms with Crippen LogP contribution in [0.3, 0.4) is 0 Å². The third-order valence-electron chi connectivity index (χ3n) is 4.29. The number of halogens is 1. The van der Waals surface area contributed by atoms with Gasteiger partial charge in [-0.25, -0.2) is 4.39 Å².